The Labute approximate surface area is 139 Å². The van der Waals surface area contributed by atoms with Crippen LogP contribution in [0.3, 0.4) is 0 Å². The molecule has 4 heteroatoms. The standard InChI is InChI=1S/C18H27N3S/c1-12-9-15(11-18(4,5)10-12)20-21-17(22)19-16-13(2)7-6-8-14(16)3/h6-8,12H,9-11H2,1-5H3,(H2,19,21,22)/b20-15-/t12-/m1/s1. The van der Waals surface area contributed by atoms with E-state index >= 15 is 0 Å². The molecule has 1 aromatic rings. The Morgan fingerprint density at radius 2 is 1.91 bits per heavy atom. The van der Waals surface area contributed by atoms with Gasteiger partial charge in [-0.2, -0.15) is 5.10 Å². The van der Waals surface area contributed by atoms with Gasteiger partial charge in [0.15, 0.2) is 5.11 Å². The SMILES string of the molecule is Cc1cccc(C)c1NC(=S)N/N=C1/C[C@@H](C)CC(C)(C)C1. The molecule has 120 valence electrons. The number of nitrogens with one attached hydrogen (secondary N) is 2. The number of hydrogen-bond donors (Lipinski definition) is 2. The van der Waals surface area contributed by atoms with Crippen LogP contribution in [0.4, 0.5) is 5.69 Å². The van der Waals surface area contributed by atoms with Gasteiger partial charge in [0.05, 0.1) is 0 Å². The minimum absolute atomic E-state index is 0.333. The van der Waals surface area contributed by atoms with Crippen LogP contribution in [0.25, 0.3) is 0 Å². The number of rotatable bonds is 2. The molecule has 2 rings (SSSR count). The van der Waals surface area contributed by atoms with Gasteiger partial charge in [0.1, 0.15) is 0 Å². The molecule has 1 saturated carbocycles. The number of thiocarbonyl (C=S) groups is 1. The van der Waals surface area contributed by atoms with Gasteiger partial charge in [-0.3, -0.25) is 5.43 Å². The van der Waals surface area contributed by atoms with Crippen molar-refractivity contribution in [3.05, 3.63) is 29.3 Å². The van der Waals surface area contributed by atoms with E-state index in [4.69, 9.17) is 12.2 Å². The van der Waals surface area contributed by atoms with E-state index < -0.39 is 0 Å². The third-order valence-corrected chi connectivity index (χ3v) is 4.40. The van der Waals surface area contributed by atoms with Crippen molar-refractivity contribution >= 4 is 28.7 Å². The lowest BCUT2D eigenvalue weighted by Gasteiger charge is -2.34. The monoisotopic (exact) mass is 317 g/mol. The fourth-order valence-electron chi connectivity index (χ4n) is 3.48. The number of hydrazone groups is 1. The molecular formula is C18H27N3S. The minimum Gasteiger partial charge on any atom is -0.331 e. The van der Waals surface area contributed by atoms with Crippen molar-refractivity contribution < 1.29 is 0 Å². The van der Waals surface area contributed by atoms with E-state index in [2.05, 4.69) is 68.7 Å². The van der Waals surface area contributed by atoms with Crippen molar-refractivity contribution in [1.82, 2.24) is 5.43 Å². The second-order valence-corrected chi connectivity index (χ2v) is 7.77. The summed E-state index contributed by atoms with van der Waals surface area (Å²) in [6.45, 7) is 11.1. The highest BCUT2D eigenvalue weighted by atomic mass is 32.1. The molecule has 0 radical (unpaired) electrons. The van der Waals surface area contributed by atoms with Crippen LogP contribution in [0.1, 0.15) is 51.2 Å². The Hall–Kier alpha value is -1.42. The fraction of sp³-hybridized carbons (Fsp3) is 0.556. The molecule has 0 unspecified atom stereocenters. The van der Waals surface area contributed by atoms with E-state index in [0.29, 0.717) is 16.4 Å². The summed E-state index contributed by atoms with van der Waals surface area (Å²) in [5.74, 6) is 0.685. The smallest absolute Gasteiger partial charge is 0.191 e. The fourth-order valence-corrected chi connectivity index (χ4v) is 3.63. The number of hydrogen-bond acceptors (Lipinski definition) is 2. The highest BCUT2D eigenvalue weighted by molar-refractivity contribution is 7.80. The highest BCUT2D eigenvalue weighted by Gasteiger charge is 2.29. The molecule has 3 nitrogen and oxygen atoms in total. The van der Waals surface area contributed by atoms with Gasteiger partial charge in [0, 0.05) is 11.4 Å². The van der Waals surface area contributed by atoms with Crippen LogP contribution in [-0.4, -0.2) is 10.8 Å². The van der Waals surface area contributed by atoms with E-state index in [1.54, 1.807) is 0 Å². The van der Waals surface area contributed by atoms with Gasteiger partial charge in [-0.05, 0) is 67.8 Å². The average Bonchev–Trinajstić information content (AvgIpc) is 2.38. The second-order valence-electron chi connectivity index (χ2n) is 7.37. The van der Waals surface area contributed by atoms with E-state index in [0.717, 1.165) is 18.5 Å². The van der Waals surface area contributed by atoms with E-state index in [9.17, 15) is 0 Å². The molecule has 0 spiro atoms. The molecule has 2 N–H and O–H groups in total. The van der Waals surface area contributed by atoms with Gasteiger partial charge in [0.25, 0.3) is 0 Å². The Bertz CT molecular complexity index is 570. The summed E-state index contributed by atoms with van der Waals surface area (Å²) >= 11 is 5.38. The average molecular weight is 318 g/mol. The van der Waals surface area contributed by atoms with Gasteiger partial charge in [-0.1, -0.05) is 39.0 Å². The molecule has 0 heterocycles. The lowest BCUT2D eigenvalue weighted by molar-refractivity contribution is 0.265. The summed E-state index contributed by atoms with van der Waals surface area (Å²) in [6, 6.07) is 6.21. The summed E-state index contributed by atoms with van der Waals surface area (Å²) in [6.07, 6.45) is 3.36. The molecule has 1 fully saturated rings. The number of anilines is 1. The molecule has 0 saturated heterocycles. The quantitative estimate of drug-likeness (QED) is 0.608. The van der Waals surface area contributed by atoms with Crippen molar-refractivity contribution in [2.24, 2.45) is 16.4 Å². The van der Waals surface area contributed by atoms with E-state index in [1.807, 2.05) is 0 Å². The highest BCUT2D eigenvalue weighted by Crippen LogP contribution is 2.36. The first-order valence-corrected chi connectivity index (χ1v) is 8.36. The summed E-state index contributed by atoms with van der Waals surface area (Å²) in [7, 11) is 0. The lowest BCUT2D eigenvalue weighted by atomic mass is 9.72. The molecule has 1 aliphatic rings. The van der Waals surface area contributed by atoms with Crippen molar-refractivity contribution in [1.29, 1.82) is 0 Å². The first-order valence-electron chi connectivity index (χ1n) is 7.95. The van der Waals surface area contributed by atoms with Gasteiger partial charge < -0.3 is 5.32 Å². The third kappa shape index (κ3) is 4.54. The van der Waals surface area contributed by atoms with Crippen LogP contribution < -0.4 is 10.7 Å². The van der Waals surface area contributed by atoms with Gasteiger partial charge >= 0.3 is 0 Å². The van der Waals surface area contributed by atoms with Crippen LogP contribution in [0.5, 0.6) is 0 Å². The summed E-state index contributed by atoms with van der Waals surface area (Å²) in [5.41, 5.74) is 8.01. The van der Waals surface area contributed by atoms with Crippen molar-refractivity contribution in [3.8, 4) is 0 Å². The van der Waals surface area contributed by atoms with Crippen LogP contribution in [0, 0.1) is 25.2 Å². The zero-order valence-electron chi connectivity index (χ0n) is 14.3. The van der Waals surface area contributed by atoms with Crippen LogP contribution >= 0.6 is 12.2 Å². The summed E-state index contributed by atoms with van der Waals surface area (Å²) in [4.78, 5) is 0. The molecule has 1 aromatic carbocycles. The Morgan fingerprint density at radius 3 is 2.50 bits per heavy atom. The van der Waals surface area contributed by atoms with E-state index in [1.165, 1.54) is 23.3 Å². The number of nitrogens with zero attached hydrogens (tertiary/aromatic N) is 1. The first kappa shape index (κ1) is 16.9. The van der Waals surface area contributed by atoms with Crippen LogP contribution in [0.15, 0.2) is 23.3 Å². The second kappa shape index (κ2) is 6.78. The number of benzene rings is 1. The molecule has 0 aromatic heterocycles. The molecule has 0 aliphatic heterocycles. The zero-order valence-corrected chi connectivity index (χ0v) is 15.1. The van der Waals surface area contributed by atoms with Crippen molar-refractivity contribution in [2.75, 3.05) is 5.32 Å². The van der Waals surface area contributed by atoms with E-state index in [-0.39, 0.29) is 0 Å². The van der Waals surface area contributed by atoms with Gasteiger partial charge in [-0.15, -0.1) is 0 Å². The Kier molecular flexibility index (Phi) is 5.22. The van der Waals surface area contributed by atoms with Gasteiger partial charge in [-0.25, -0.2) is 0 Å². The summed E-state index contributed by atoms with van der Waals surface area (Å²) in [5, 5.41) is 8.37. The molecular weight excluding hydrogens is 290 g/mol. The minimum atomic E-state index is 0.333. The predicted octanol–water partition coefficient (Wildman–Crippen LogP) is 4.79. The Balaban J connectivity index is 1.99. The lowest BCUT2D eigenvalue weighted by Crippen LogP contribution is -2.31. The summed E-state index contributed by atoms with van der Waals surface area (Å²) < 4.78 is 0. The molecule has 0 bridgehead atoms. The number of para-hydroxylation sites is 1. The van der Waals surface area contributed by atoms with Crippen LogP contribution in [-0.2, 0) is 0 Å². The number of aryl methyl sites for hydroxylation is 2. The normalized spacial score (nSPS) is 22.4. The maximum atomic E-state index is 5.38. The third-order valence-electron chi connectivity index (χ3n) is 4.20. The molecule has 22 heavy (non-hydrogen) atoms. The molecule has 0 amide bonds. The molecule has 1 atom stereocenters. The maximum absolute atomic E-state index is 5.38. The zero-order chi connectivity index (χ0) is 16.3. The Morgan fingerprint density at radius 1 is 1.27 bits per heavy atom. The van der Waals surface area contributed by atoms with Crippen molar-refractivity contribution in [3.63, 3.8) is 0 Å². The maximum Gasteiger partial charge on any atom is 0.191 e. The largest absolute Gasteiger partial charge is 0.331 e. The van der Waals surface area contributed by atoms with Crippen molar-refractivity contribution in [2.45, 2.75) is 53.9 Å². The van der Waals surface area contributed by atoms with Gasteiger partial charge in [0.2, 0.25) is 0 Å². The molecule has 1 aliphatic carbocycles. The topological polar surface area (TPSA) is 36.4 Å². The first-order chi connectivity index (χ1) is 10.3. The van der Waals surface area contributed by atoms with Crippen LogP contribution in [0.2, 0.25) is 0 Å². The predicted molar refractivity (Wildman–Crippen MR) is 99.5 cm³/mol.